The van der Waals surface area contributed by atoms with Crippen LogP contribution in [0.25, 0.3) is 32.9 Å². The fourth-order valence-electron chi connectivity index (χ4n) is 9.11. The van der Waals surface area contributed by atoms with Crippen molar-refractivity contribution in [3.63, 3.8) is 0 Å². The average molecular weight is 507 g/mol. The lowest BCUT2D eigenvalue weighted by molar-refractivity contribution is 0.195. The van der Waals surface area contributed by atoms with Gasteiger partial charge in [0.05, 0.1) is 5.54 Å². The molecule has 0 amide bonds. The van der Waals surface area contributed by atoms with Crippen molar-refractivity contribution in [2.45, 2.75) is 76.7 Å². The Labute approximate surface area is 231 Å². The van der Waals surface area contributed by atoms with Gasteiger partial charge in [-0.25, -0.2) is 0 Å². The number of para-hydroxylation sites is 3. The van der Waals surface area contributed by atoms with Crippen molar-refractivity contribution in [1.29, 1.82) is 0 Å². The van der Waals surface area contributed by atoms with E-state index in [2.05, 4.69) is 117 Å². The average Bonchev–Trinajstić information content (AvgIpc) is 3.37. The molecule has 39 heavy (non-hydrogen) atoms. The molecule has 3 aliphatic heterocycles. The van der Waals surface area contributed by atoms with E-state index in [1.165, 1.54) is 86.5 Å². The maximum Gasteiger partial charge on any atom is 0.333 e. The Kier molecular flexibility index (Phi) is 3.91. The summed E-state index contributed by atoms with van der Waals surface area (Å²) in [7, 11) is 0. The first kappa shape index (κ1) is 22.4. The molecule has 1 fully saturated rings. The maximum atomic E-state index is 2.85. The number of rotatable bonds is 0. The summed E-state index contributed by atoms with van der Waals surface area (Å²) < 4.78 is 2.70. The Hall–Kier alpha value is -3.46. The monoisotopic (exact) mass is 506 g/mol. The van der Waals surface area contributed by atoms with Crippen LogP contribution in [0.15, 0.2) is 72.8 Å². The minimum atomic E-state index is 0.0649. The van der Waals surface area contributed by atoms with Crippen molar-refractivity contribution in [2.24, 2.45) is 0 Å². The quantitative estimate of drug-likeness (QED) is 0.191. The molecule has 4 aliphatic rings. The van der Waals surface area contributed by atoms with E-state index in [4.69, 9.17) is 0 Å². The first-order chi connectivity index (χ1) is 18.7. The molecule has 1 aliphatic carbocycles. The molecule has 0 spiro atoms. The van der Waals surface area contributed by atoms with E-state index < -0.39 is 0 Å². The van der Waals surface area contributed by atoms with E-state index in [1.54, 1.807) is 5.56 Å². The minimum Gasteiger partial charge on any atom is -0.375 e. The summed E-state index contributed by atoms with van der Waals surface area (Å²) in [5, 5.41) is 2.74. The molecule has 2 atom stereocenters. The Morgan fingerprint density at radius 3 is 2.41 bits per heavy atom. The predicted molar refractivity (Wildman–Crippen MR) is 167 cm³/mol. The second kappa shape index (κ2) is 6.81. The van der Waals surface area contributed by atoms with Gasteiger partial charge in [-0.15, -0.1) is 0 Å². The zero-order chi connectivity index (χ0) is 26.5. The first-order valence-electron chi connectivity index (χ1n) is 14.9. The van der Waals surface area contributed by atoms with Crippen molar-refractivity contribution in [1.82, 2.24) is 4.48 Å². The van der Waals surface area contributed by atoms with Gasteiger partial charge in [0.1, 0.15) is 0 Å². The molecule has 1 saturated carbocycles. The lowest BCUT2D eigenvalue weighted by atomic mass is 9.45. The summed E-state index contributed by atoms with van der Waals surface area (Å²) in [4.78, 5) is 2.85. The fraction of sp³-hybridized carbons (Fsp3) is 0.333. The molecule has 192 valence electrons. The van der Waals surface area contributed by atoms with Crippen molar-refractivity contribution in [2.75, 3.05) is 4.90 Å². The van der Waals surface area contributed by atoms with Gasteiger partial charge in [-0.05, 0) is 64.9 Å². The lowest BCUT2D eigenvalue weighted by Crippen LogP contribution is -2.62. The topological polar surface area (TPSA) is 8.17 Å². The highest BCUT2D eigenvalue weighted by Gasteiger charge is 2.61. The zero-order valence-electron chi connectivity index (χ0n) is 23.7. The van der Waals surface area contributed by atoms with Crippen LogP contribution in [0.4, 0.5) is 11.4 Å². The van der Waals surface area contributed by atoms with E-state index in [0.717, 1.165) is 0 Å². The standard InChI is InChI=1S/C36H35BN2/c1-34(2,3)22-20-26-25-14-10-13-24-23-12-6-7-17-29(23)39(32(24)25)37-28-16-11-15-27-33(28)38(30(21-22)31(26)37)36(5)19-9-8-18-35(27,36)4/h6-7,10-17,20-21H,8-9,18-19H2,1-5H3. The van der Waals surface area contributed by atoms with Crippen LogP contribution in [0.1, 0.15) is 71.4 Å². The molecule has 2 unspecified atom stereocenters. The molecule has 1 aromatic heterocycles. The number of fused-ring (bicyclic) bond motifs is 10. The van der Waals surface area contributed by atoms with Crippen LogP contribution in [-0.2, 0) is 10.8 Å². The van der Waals surface area contributed by atoms with Gasteiger partial charge < -0.3 is 9.38 Å². The van der Waals surface area contributed by atoms with Crippen LogP contribution in [0.2, 0.25) is 0 Å². The molecule has 5 aromatic rings. The smallest absolute Gasteiger partial charge is 0.333 e. The Bertz CT molecular complexity index is 1910. The number of hydrogen-bond acceptors (Lipinski definition) is 1. The van der Waals surface area contributed by atoms with Crippen LogP contribution < -0.4 is 15.8 Å². The molecule has 0 N–H and O–H groups in total. The van der Waals surface area contributed by atoms with Gasteiger partial charge in [-0.3, -0.25) is 0 Å². The van der Waals surface area contributed by atoms with Gasteiger partial charge in [0.2, 0.25) is 0 Å². The van der Waals surface area contributed by atoms with Crippen LogP contribution in [0, 0.1) is 0 Å². The zero-order valence-corrected chi connectivity index (χ0v) is 23.7. The second-order valence-electron chi connectivity index (χ2n) is 14.1. The van der Waals surface area contributed by atoms with E-state index in [1.807, 2.05) is 0 Å². The van der Waals surface area contributed by atoms with Crippen LogP contribution >= 0.6 is 0 Å². The molecule has 4 heterocycles. The first-order valence-corrected chi connectivity index (χ1v) is 14.9. The maximum absolute atomic E-state index is 2.85. The number of anilines is 2. The second-order valence-corrected chi connectivity index (χ2v) is 14.1. The molecular weight excluding hydrogens is 471 g/mol. The van der Waals surface area contributed by atoms with Gasteiger partial charge in [0.25, 0.3) is 0 Å². The molecule has 0 bridgehead atoms. The van der Waals surface area contributed by atoms with Crippen molar-refractivity contribution in [3.8, 4) is 11.1 Å². The van der Waals surface area contributed by atoms with Crippen molar-refractivity contribution >= 4 is 51.0 Å². The Morgan fingerprint density at radius 1 is 0.795 bits per heavy atom. The van der Waals surface area contributed by atoms with E-state index in [0.29, 0.717) is 0 Å². The number of nitrogens with zero attached hydrogens (tertiary/aromatic N) is 2. The lowest BCUT2D eigenvalue weighted by Gasteiger charge is -2.52. The Morgan fingerprint density at radius 2 is 1.56 bits per heavy atom. The Balaban J connectivity index is 1.51. The van der Waals surface area contributed by atoms with Crippen molar-refractivity contribution < 1.29 is 0 Å². The van der Waals surface area contributed by atoms with Crippen LogP contribution in [0.3, 0.4) is 0 Å². The predicted octanol–water partition coefficient (Wildman–Crippen LogP) is 7.78. The molecule has 3 heteroatoms. The highest BCUT2D eigenvalue weighted by molar-refractivity contribution is 6.90. The van der Waals surface area contributed by atoms with Crippen LogP contribution in [-0.4, -0.2) is 16.9 Å². The molecule has 0 saturated heterocycles. The van der Waals surface area contributed by atoms with Gasteiger partial charge in [-0.2, -0.15) is 0 Å². The third-order valence-corrected chi connectivity index (χ3v) is 11.3. The third kappa shape index (κ3) is 2.40. The largest absolute Gasteiger partial charge is 0.375 e. The normalized spacial score (nSPS) is 24.2. The van der Waals surface area contributed by atoms with Gasteiger partial charge in [0.15, 0.2) is 0 Å². The fourth-order valence-corrected chi connectivity index (χ4v) is 9.11. The van der Waals surface area contributed by atoms with Crippen LogP contribution in [0.5, 0.6) is 0 Å². The minimum absolute atomic E-state index is 0.0649. The highest BCUT2D eigenvalue weighted by Crippen LogP contribution is 2.61. The van der Waals surface area contributed by atoms with Crippen molar-refractivity contribution in [3.05, 3.63) is 83.9 Å². The molecule has 4 aromatic carbocycles. The van der Waals surface area contributed by atoms with Gasteiger partial charge in [-0.1, -0.05) is 101 Å². The summed E-state index contributed by atoms with van der Waals surface area (Å²) in [5.41, 5.74) is 14.8. The van der Waals surface area contributed by atoms with E-state index in [-0.39, 0.29) is 23.2 Å². The van der Waals surface area contributed by atoms with E-state index in [9.17, 15) is 0 Å². The summed E-state index contributed by atoms with van der Waals surface area (Å²) in [6, 6.07) is 28.4. The number of benzene rings is 4. The number of aromatic nitrogens is 1. The molecule has 0 radical (unpaired) electrons. The number of hydrogen-bond donors (Lipinski definition) is 0. The summed E-state index contributed by atoms with van der Waals surface area (Å²) in [6.07, 6.45) is 5.13. The van der Waals surface area contributed by atoms with E-state index >= 15 is 0 Å². The third-order valence-electron chi connectivity index (χ3n) is 11.3. The molecule has 9 rings (SSSR count). The molecule has 2 nitrogen and oxygen atoms in total. The highest BCUT2D eigenvalue weighted by atomic mass is 15.3. The molecular formula is C36H35BN2. The van der Waals surface area contributed by atoms with Gasteiger partial charge in [0, 0.05) is 44.2 Å². The summed E-state index contributed by atoms with van der Waals surface area (Å²) in [6.45, 7) is 12.4. The summed E-state index contributed by atoms with van der Waals surface area (Å²) >= 11 is 0. The summed E-state index contributed by atoms with van der Waals surface area (Å²) in [5.74, 6) is 0. The van der Waals surface area contributed by atoms with Gasteiger partial charge >= 0.3 is 6.85 Å². The SMILES string of the molecule is CC(C)(C)c1cc2c3c(c1)N1c4c(cccc4C4(C)CCCCC14C)B3n1c3ccccc3c3cccc-2c31.